The SMILES string of the molecule is N#Cc1ccc2c(ccn2CC2N=C(c3cccc(Cl)c3Cl)ON2)c1C(F)(F)F. The topological polar surface area (TPSA) is 62.3 Å². The second kappa shape index (κ2) is 7.26. The van der Waals surface area contributed by atoms with Crippen molar-refractivity contribution < 1.29 is 18.0 Å². The Labute approximate surface area is 172 Å². The van der Waals surface area contributed by atoms with Gasteiger partial charge in [-0.2, -0.15) is 18.4 Å². The highest BCUT2D eigenvalue weighted by molar-refractivity contribution is 6.43. The number of hydroxylamine groups is 1. The Morgan fingerprint density at radius 2 is 2.00 bits per heavy atom. The van der Waals surface area contributed by atoms with Gasteiger partial charge in [0, 0.05) is 17.1 Å². The minimum atomic E-state index is -4.64. The molecular weight excluding hydrogens is 428 g/mol. The van der Waals surface area contributed by atoms with E-state index in [4.69, 9.17) is 33.3 Å². The normalized spacial score (nSPS) is 16.6. The van der Waals surface area contributed by atoms with Crippen molar-refractivity contribution in [1.82, 2.24) is 10.0 Å². The van der Waals surface area contributed by atoms with E-state index in [-0.39, 0.29) is 17.8 Å². The summed E-state index contributed by atoms with van der Waals surface area (Å²) in [6, 6.07) is 10.6. The molecule has 5 nitrogen and oxygen atoms in total. The molecule has 0 spiro atoms. The number of aliphatic imine (C=N–C) groups is 1. The van der Waals surface area contributed by atoms with Crippen molar-refractivity contribution in [1.29, 1.82) is 5.26 Å². The fourth-order valence-corrected chi connectivity index (χ4v) is 3.59. The summed E-state index contributed by atoms with van der Waals surface area (Å²) >= 11 is 12.2. The third-order valence-corrected chi connectivity index (χ3v) is 5.29. The Bertz CT molecular complexity index is 1180. The number of fused-ring (bicyclic) bond motifs is 1. The number of hydrogen-bond donors (Lipinski definition) is 1. The number of rotatable bonds is 3. The fourth-order valence-electron chi connectivity index (χ4n) is 3.21. The molecule has 0 saturated carbocycles. The van der Waals surface area contributed by atoms with Crippen molar-refractivity contribution in [3.8, 4) is 6.07 Å². The zero-order valence-corrected chi connectivity index (χ0v) is 16.0. The first-order chi connectivity index (χ1) is 13.8. The molecule has 148 valence electrons. The number of hydrogen-bond acceptors (Lipinski definition) is 4. The van der Waals surface area contributed by atoms with Crippen LogP contribution in [0.4, 0.5) is 13.2 Å². The number of halogens is 5. The van der Waals surface area contributed by atoms with Crippen LogP contribution < -0.4 is 5.48 Å². The fraction of sp³-hybridized carbons (Fsp3) is 0.158. The van der Waals surface area contributed by atoms with Gasteiger partial charge in [-0.3, -0.25) is 0 Å². The van der Waals surface area contributed by atoms with Crippen molar-refractivity contribution in [3.05, 3.63) is 69.3 Å². The molecule has 0 amide bonds. The zero-order valence-electron chi connectivity index (χ0n) is 14.5. The van der Waals surface area contributed by atoms with Crippen LogP contribution >= 0.6 is 23.2 Å². The predicted octanol–water partition coefficient (Wildman–Crippen LogP) is 5.15. The molecule has 2 aromatic carbocycles. The van der Waals surface area contributed by atoms with Crippen LogP contribution in [0.25, 0.3) is 10.9 Å². The average Bonchev–Trinajstić information content (AvgIpc) is 3.30. The van der Waals surface area contributed by atoms with Gasteiger partial charge in [0.1, 0.15) is 0 Å². The first-order valence-electron chi connectivity index (χ1n) is 8.33. The van der Waals surface area contributed by atoms with Crippen LogP contribution in [0.3, 0.4) is 0 Å². The van der Waals surface area contributed by atoms with Crippen LogP contribution in [0.1, 0.15) is 16.7 Å². The van der Waals surface area contributed by atoms with Crippen LogP contribution in [0.2, 0.25) is 10.0 Å². The van der Waals surface area contributed by atoms with E-state index in [0.717, 1.165) is 0 Å². The summed E-state index contributed by atoms with van der Waals surface area (Å²) in [6.07, 6.45) is -3.68. The van der Waals surface area contributed by atoms with Gasteiger partial charge in [0.15, 0.2) is 6.17 Å². The highest BCUT2D eigenvalue weighted by atomic mass is 35.5. The standard InChI is InChI=1S/C19H11Cl2F3N4O/c20-13-3-1-2-12(17(13)21)18-26-15(27-29-18)9-28-7-6-11-14(28)5-4-10(8-25)16(11)19(22,23)24/h1-7,15,27H,9H2. The molecule has 29 heavy (non-hydrogen) atoms. The maximum atomic E-state index is 13.5. The summed E-state index contributed by atoms with van der Waals surface area (Å²) in [5, 5.41) is 9.63. The van der Waals surface area contributed by atoms with E-state index >= 15 is 0 Å². The minimum Gasteiger partial charge on any atom is -0.386 e. The Balaban J connectivity index is 1.67. The van der Waals surface area contributed by atoms with Crippen LogP contribution in [0, 0.1) is 11.3 Å². The molecule has 1 N–H and O–H groups in total. The Morgan fingerprint density at radius 3 is 2.72 bits per heavy atom. The van der Waals surface area contributed by atoms with E-state index in [0.29, 0.717) is 21.1 Å². The van der Waals surface area contributed by atoms with E-state index in [1.807, 2.05) is 0 Å². The number of nitrogens with one attached hydrogen (secondary N) is 1. The Morgan fingerprint density at radius 1 is 1.21 bits per heavy atom. The van der Waals surface area contributed by atoms with Crippen molar-refractivity contribution in [2.24, 2.45) is 4.99 Å². The molecule has 0 fully saturated rings. The maximum Gasteiger partial charge on any atom is 0.418 e. The van der Waals surface area contributed by atoms with Crippen molar-refractivity contribution in [2.45, 2.75) is 18.9 Å². The minimum absolute atomic E-state index is 0.0439. The summed E-state index contributed by atoms with van der Waals surface area (Å²) in [6.45, 7) is 0.203. The van der Waals surface area contributed by atoms with Gasteiger partial charge in [0.2, 0.25) is 5.90 Å². The first kappa shape index (κ1) is 19.6. The molecule has 4 rings (SSSR count). The molecule has 1 aromatic heterocycles. The third kappa shape index (κ3) is 3.53. The molecular formula is C19H11Cl2F3N4O. The molecule has 1 atom stereocenters. The second-order valence-electron chi connectivity index (χ2n) is 6.27. The quantitative estimate of drug-likeness (QED) is 0.615. The van der Waals surface area contributed by atoms with Gasteiger partial charge in [-0.15, -0.1) is 5.48 Å². The lowest BCUT2D eigenvalue weighted by Gasteiger charge is -2.12. The summed E-state index contributed by atoms with van der Waals surface area (Å²) < 4.78 is 42.0. The van der Waals surface area contributed by atoms with Gasteiger partial charge < -0.3 is 9.40 Å². The molecule has 1 aliphatic heterocycles. The monoisotopic (exact) mass is 438 g/mol. The number of benzene rings is 2. The molecule has 0 aliphatic carbocycles. The number of nitrogens with zero attached hydrogens (tertiary/aromatic N) is 3. The van der Waals surface area contributed by atoms with E-state index in [1.54, 1.807) is 28.8 Å². The lowest BCUT2D eigenvalue weighted by molar-refractivity contribution is -0.136. The van der Waals surface area contributed by atoms with E-state index < -0.39 is 23.5 Å². The summed E-state index contributed by atoms with van der Waals surface area (Å²) in [5.41, 5.74) is 2.20. The highest BCUT2D eigenvalue weighted by Crippen LogP contribution is 2.38. The van der Waals surface area contributed by atoms with E-state index in [1.165, 1.54) is 24.4 Å². The number of alkyl halides is 3. The van der Waals surface area contributed by atoms with Gasteiger partial charge in [0.25, 0.3) is 0 Å². The first-order valence-corrected chi connectivity index (χ1v) is 9.09. The molecule has 2 heterocycles. The van der Waals surface area contributed by atoms with Crippen LogP contribution in [0.5, 0.6) is 0 Å². The Kier molecular flexibility index (Phi) is 4.90. The highest BCUT2D eigenvalue weighted by Gasteiger charge is 2.36. The lowest BCUT2D eigenvalue weighted by Crippen LogP contribution is -2.26. The number of aromatic nitrogens is 1. The van der Waals surface area contributed by atoms with Gasteiger partial charge in [-0.1, -0.05) is 29.3 Å². The molecule has 10 heteroatoms. The van der Waals surface area contributed by atoms with Gasteiger partial charge in [0.05, 0.1) is 39.3 Å². The predicted molar refractivity (Wildman–Crippen MR) is 103 cm³/mol. The van der Waals surface area contributed by atoms with Gasteiger partial charge >= 0.3 is 6.18 Å². The van der Waals surface area contributed by atoms with E-state index in [9.17, 15) is 13.2 Å². The molecule has 1 unspecified atom stereocenters. The molecule has 0 saturated heterocycles. The van der Waals surface area contributed by atoms with E-state index in [2.05, 4.69) is 10.5 Å². The Hall–Kier alpha value is -2.73. The number of nitriles is 1. The van der Waals surface area contributed by atoms with Gasteiger partial charge in [-0.05, 0) is 30.3 Å². The summed E-state index contributed by atoms with van der Waals surface area (Å²) in [7, 11) is 0. The molecule has 3 aromatic rings. The summed E-state index contributed by atoms with van der Waals surface area (Å²) in [4.78, 5) is 9.77. The smallest absolute Gasteiger partial charge is 0.386 e. The lowest BCUT2D eigenvalue weighted by atomic mass is 10.0. The third-order valence-electron chi connectivity index (χ3n) is 4.47. The molecule has 0 radical (unpaired) electrons. The van der Waals surface area contributed by atoms with Crippen LogP contribution in [0.15, 0.2) is 47.6 Å². The van der Waals surface area contributed by atoms with Gasteiger partial charge in [-0.25, -0.2) is 4.99 Å². The largest absolute Gasteiger partial charge is 0.418 e. The van der Waals surface area contributed by atoms with Crippen LogP contribution in [-0.2, 0) is 17.6 Å². The molecule has 1 aliphatic rings. The summed E-state index contributed by atoms with van der Waals surface area (Å²) in [5.74, 6) is 0.238. The van der Waals surface area contributed by atoms with Crippen molar-refractivity contribution in [2.75, 3.05) is 0 Å². The second-order valence-corrected chi connectivity index (χ2v) is 7.06. The zero-order chi connectivity index (χ0) is 20.8. The average molecular weight is 439 g/mol. The molecule has 0 bridgehead atoms. The maximum absolute atomic E-state index is 13.5. The van der Waals surface area contributed by atoms with Crippen molar-refractivity contribution in [3.63, 3.8) is 0 Å². The van der Waals surface area contributed by atoms with Crippen LogP contribution in [-0.4, -0.2) is 16.6 Å². The van der Waals surface area contributed by atoms with Crippen molar-refractivity contribution >= 4 is 40.0 Å².